The van der Waals surface area contributed by atoms with Crippen LogP contribution in [0.25, 0.3) is 0 Å². The minimum absolute atomic E-state index is 0.00437. The molecular formula is C21H23ClN4O3. The molecule has 0 radical (unpaired) electrons. The number of aromatic carboxylic acids is 1. The second kappa shape index (κ2) is 6.76. The van der Waals surface area contributed by atoms with Crippen molar-refractivity contribution in [3.63, 3.8) is 0 Å². The van der Waals surface area contributed by atoms with E-state index >= 15 is 0 Å². The summed E-state index contributed by atoms with van der Waals surface area (Å²) in [5.41, 5.74) is 4.13. The summed E-state index contributed by atoms with van der Waals surface area (Å²) in [7, 11) is 0. The van der Waals surface area contributed by atoms with E-state index in [1.54, 1.807) is 4.68 Å². The molecule has 1 saturated carbocycles. The van der Waals surface area contributed by atoms with Gasteiger partial charge in [0.15, 0.2) is 5.69 Å². The molecule has 1 aromatic heterocycles. The summed E-state index contributed by atoms with van der Waals surface area (Å²) in [5, 5.41) is 14.5. The molecule has 2 aromatic rings. The number of benzene rings is 1. The molecule has 152 valence electrons. The average Bonchev–Trinajstić information content (AvgIpc) is 3.23. The van der Waals surface area contributed by atoms with Crippen molar-refractivity contribution in [1.82, 2.24) is 14.7 Å². The largest absolute Gasteiger partial charge is 0.476 e. The van der Waals surface area contributed by atoms with Crippen LogP contribution in [0.3, 0.4) is 0 Å². The molecule has 1 amide bonds. The Bertz CT molecular complexity index is 1010. The summed E-state index contributed by atoms with van der Waals surface area (Å²) >= 11 is 6.24. The van der Waals surface area contributed by atoms with Crippen molar-refractivity contribution >= 4 is 29.2 Å². The van der Waals surface area contributed by atoms with Gasteiger partial charge in [0.25, 0.3) is 0 Å². The van der Waals surface area contributed by atoms with Crippen molar-refractivity contribution in [2.24, 2.45) is 5.92 Å². The Morgan fingerprint density at radius 3 is 2.72 bits per heavy atom. The lowest BCUT2D eigenvalue weighted by atomic mass is 10.1. The van der Waals surface area contributed by atoms with Gasteiger partial charge in [-0.05, 0) is 49.3 Å². The number of piperazine rings is 1. The highest BCUT2D eigenvalue weighted by atomic mass is 35.5. The summed E-state index contributed by atoms with van der Waals surface area (Å²) in [4.78, 5) is 28.5. The third-order valence-corrected chi connectivity index (χ3v) is 6.96. The lowest BCUT2D eigenvalue weighted by molar-refractivity contribution is -0.132. The minimum Gasteiger partial charge on any atom is -0.476 e. The molecule has 1 aliphatic heterocycles. The van der Waals surface area contributed by atoms with Gasteiger partial charge in [0.2, 0.25) is 5.91 Å². The molecule has 2 heterocycles. The van der Waals surface area contributed by atoms with Gasteiger partial charge in [0.1, 0.15) is 6.54 Å². The fraction of sp³-hybridized carbons (Fsp3) is 0.476. The third kappa shape index (κ3) is 3.08. The summed E-state index contributed by atoms with van der Waals surface area (Å²) in [6.07, 6.45) is 1.90. The number of rotatable bonds is 4. The van der Waals surface area contributed by atoms with E-state index in [9.17, 15) is 14.7 Å². The maximum Gasteiger partial charge on any atom is 0.356 e. The van der Waals surface area contributed by atoms with Gasteiger partial charge >= 0.3 is 5.97 Å². The zero-order valence-corrected chi connectivity index (χ0v) is 17.0. The molecule has 1 saturated heterocycles. The SMILES string of the molecule is Cc1c(Cl)cccc1N1CCN(C(=O)Cn2nc(C(=O)O)c3c2C[C@H]2C[C@@H]32)CC1. The van der Waals surface area contributed by atoms with Gasteiger partial charge in [-0.2, -0.15) is 5.10 Å². The van der Waals surface area contributed by atoms with E-state index in [4.69, 9.17) is 11.6 Å². The molecule has 1 aromatic carbocycles. The summed E-state index contributed by atoms with van der Waals surface area (Å²) < 4.78 is 1.64. The Labute approximate surface area is 173 Å². The maximum absolute atomic E-state index is 12.9. The zero-order valence-electron chi connectivity index (χ0n) is 16.3. The molecule has 0 unspecified atom stereocenters. The van der Waals surface area contributed by atoms with E-state index in [2.05, 4.69) is 16.1 Å². The first kappa shape index (κ1) is 18.5. The second-order valence-corrected chi connectivity index (χ2v) is 8.64. The molecule has 8 heteroatoms. The van der Waals surface area contributed by atoms with Crippen LogP contribution < -0.4 is 4.90 Å². The van der Waals surface area contributed by atoms with Crippen LogP contribution in [0.2, 0.25) is 5.02 Å². The first-order chi connectivity index (χ1) is 13.9. The predicted octanol–water partition coefficient (Wildman–Crippen LogP) is 2.55. The molecule has 1 N–H and O–H groups in total. The number of hydrogen-bond acceptors (Lipinski definition) is 4. The average molecular weight is 415 g/mol. The van der Waals surface area contributed by atoms with Crippen molar-refractivity contribution in [3.05, 3.63) is 45.7 Å². The van der Waals surface area contributed by atoms with Gasteiger partial charge in [-0.3, -0.25) is 9.48 Å². The smallest absolute Gasteiger partial charge is 0.356 e. The second-order valence-electron chi connectivity index (χ2n) is 8.23. The van der Waals surface area contributed by atoms with Crippen LogP contribution in [0.5, 0.6) is 0 Å². The molecule has 3 aliphatic rings. The monoisotopic (exact) mass is 414 g/mol. The van der Waals surface area contributed by atoms with Crippen LogP contribution in [0.15, 0.2) is 18.2 Å². The highest BCUT2D eigenvalue weighted by molar-refractivity contribution is 6.31. The first-order valence-electron chi connectivity index (χ1n) is 10.0. The van der Waals surface area contributed by atoms with Gasteiger partial charge in [0.05, 0.1) is 0 Å². The van der Waals surface area contributed by atoms with Gasteiger partial charge in [-0.1, -0.05) is 17.7 Å². The van der Waals surface area contributed by atoms with E-state index in [1.165, 1.54) is 0 Å². The van der Waals surface area contributed by atoms with Crippen LogP contribution >= 0.6 is 11.6 Å². The normalized spacial score (nSPS) is 22.4. The Balaban J connectivity index is 1.27. The number of nitrogens with zero attached hydrogens (tertiary/aromatic N) is 4. The molecular weight excluding hydrogens is 392 g/mol. The van der Waals surface area contributed by atoms with Gasteiger partial charge in [0, 0.05) is 48.1 Å². The van der Waals surface area contributed by atoms with Crippen molar-refractivity contribution in [2.75, 3.05) is 31.1 Å². The van der Waals surface area contributed by atoms with Crippen molar-refractivity contribution < 1.29 is 14.7 Å². The number of aromatic nitrogens is 2. The summed E-state index contributed by atoms with van der Waals surface area (Å²) in [6, 6.07) is 5.90. The molecule has 7 nitrogen and oxygen atoms in total. The predicted molar refractivity (Wildman–Crippen MR) is 109 cm³/mol. The van der Waals surface area contributed by atoms with Gasteiger partial charge in [-0.15, -0.1) is 0 Å². The van der Waals surface area contributed by atoms with Gasteiger partial charge < -0.3 is 14.9 Å². The number of hydrogen-bond donors (Lipinski definition) is 1. The number of anilines is 1. The van der Waals surface area contributed by atoms with E-state index in [1.807, 2.05) is 24.0 Å². The lowest BCUT2D eigenvalue weighted by Gasteiger charge is -2.37. The fourth-order valence-electron chi connectivity index (χ4n) is 4.84. The Morgan fingerprint density at radius 2 is 2.00 bits per heavy atom. The van der Waals surface area contributed by atoms with E-state index in [0.717, 1.165) is 53.5 Å². The van der Waals surface area contributed by atoms with Crippen LogP contribution in [0, 0.1) is 12.8 Å². The topological polar surface area (TPSA) is 78.7 Å². The molecule has 5 rings (SSSR count). The molecule has 2 fully saturated rings. The van der Waals surface area contributed by atoms with Crippen LogP contribution in [-0.4, -0.2) is 57.8 Å². The van der Waals surface area contributed by atoms with E-state index in [0.29, 0.717) is 24.9 Å². The van der Waals surface area contributed by atoms with Crippen LogP contribution in [0.1, 0.15) is 39.6 Å². The number of carbonyl (C=O) groups is 2. The highest BCUT2D eigenvalue weighted by Gasteiger charge is 2.50. The highest BCUT2D eigenvalue weighted by Crippen LogP contribution is 2.57. The number of carboxylic acids is 1. The standard InChI is InChI=1S/C21H23ClN4O3/c1-12-15(22)3-2-4-16(12)24-5-7-25(8-6-24)18(27)11-26-17-10-13-9-14(13)19(17)20(23-26)21(28)29/h2-4,13-14H,5-11H2,1H3,(H,28,29)/t13-,14-/m1/s1. The molecule has 29 heavy (non-hydrogen) atoms. The van der Waals surface area contributed by atoms with Crippen molar-refractivity contribution in [3.8, 4) is 0 Å². The van der Waals surface area contributed by atoms with Crippen molar-refractivity contribution in [2.45, 2.75) is 32.2 Å². The Kier molecular flexibility index (Phi) is 4.31. The quantitative estimate of drug-likeness (QED) is 0.831. The molecule has 0 spiro atoms. The van der Waals surface area contributed by atoms with Crippen LogP contribution in [-0.2, 0) is 17.8 Å². The lowest BCUT2D eigenvalue weighted by Crippen LogP contribution is -2.50. The van der Waals surface area contributed by atoms with Crippen molar-refractivity contribution in [1.29, 1.82) is 0 Å². The molecule has 2 aliphatic carbocycles. The van der Waals surface area contributed by atoms with Gasteiger partial charge in [-0.25, -0.2) is 4.79 Å². The fourth-order valence-corrected chi connectivity index (χ4v) is 5.01. The summed E-state index contributed by atoms with van der Waals surface area (Å²) in [5.74, 6) is -0.114. The maximum atomic E-state index is 12.9. The van der Waals surface area contributed by atoms with E-state index < -0.39 is 5.97 Å². The zero-order chi connectivity index (χ0) is 20.3. The summed E-state index contributed by atoms with van der Waals surface area (Å²) in [6.45, 7) is 4.88. The minimum atomic E-state index is -0.995. The van der Waals surface area contributed by atoms with E-state index in [-0.39, 0.29) is 18.1 Å². The number of amides is 1. The van der Waals surface area contributed by atoms with Crippen LogP contribution in [0.4, 0.5) is 5.69 Å². The number of carbonyl (C=O) groups excluding carboxylic acids is 1. The first-order valence-corrected chi connectivity index (χ1v) is 10.4. The molecule has 2 atom stereocenters. The Morgan fingerprint density at radius 1 is 1.24 bits per heavy atom. The number of carboxylic acid groups (broad SMARTS) is 1. The Hall–Kier alpha value is -2.54. The number of fused-ring (bicyclic) bond motifs is 3. The third-order valence-electron chi connectivity index (χ3n) is 6.55. The molecule has 0 bridgehead atoms. The number of halogens is 1.